The van der Waals surface area contributed by atoms with E-state index in [1.54, 1.807) is 0 Å². The minimum Gasteiger partial charge on any atom is -0.466 e. The van der Waals surface area contributed by atoms with Gasteiger partial charge < -0.3 is 14.4 Å². The molecule has 0 N–H and O–H groups in total. The minimum atomic E-state index is -0.296. The summed E-state index contributed by atoms with van der Waals surface area (Å²) < 4.78 is 9.98. The number of hydrogen-bond acceptors (Lipinski definition) is 7. The van der Waals surface area contributed by atoms with Gasteiger partial charge in [-0.1, -0.05) is 172 Å². The Labute approximate surface area is 333 Å². The Hall–Kier alpha value is -1.80. The van der Waals surface area contributed by atoms with Crippen molar-refractivity contribution < 1.29 is 23.9 Å². The van der Waals surface area contributed by atoms with Gasteiger partial charge in [0, 0.05) is 18.7 Å². The van der Waals surface area contributed by atoms with Gasteiger partial charge in [0.1, 0.15) is 6.61 Å². The summed E-state index contributed by atoms with van der Waals surface area (Å²) in [5.74, 6) is 0.342. The zero-order valence-corrected chi connectivity index (χ0v) is 36.4. The molecular formula is C45H86N2O5S. The van der Waals surface area contributed by atoms with E-state index >= 15 is 0 Å². The van der Waals surface area contributed by atoms with Crippen LogP contribution >= 0.6 is 11.8 Å². The van der Waals surface area contributed by atoms with Crippen LogP contribution in [0.2, 0.25) is 0 Å². The molecule has 0 aromatic heterocycles. The predicted molar refractivity (Wildman–Crippen MR) is 231 cm³/mol. The topological polar surface area (TPSA) is 76.1 Å². The van der Waals surface area contributed by atoms with Crippen LogP contribution < -0.4 is 0 Å². The molecule has 0 aromatic rings. The fourth-order valence-corrected chi connectivity index (χ4v) is 6.67. The van der Waals surface area contributed by atoms with E-state index in [0.717, 1.165) is 32.2 Å². The van der Waals surface area contributed by atoms with Crippen LogP contribution in [0.4, 0.5) is 4.79 Å². The third kappa shape index (κ3) is 46.3. The molecule has 0 fully saturated rings. The fourth-order valence-electron chi connectivity index (χ4n) is 5.71. The van der Waals surface area contributed by atoms with Crippen LogP contribution in [0.15, 0.2) is 24.3 Å². The molecule has 0 aliphatic heterocycles. The lowest BCUT2D eigenvalue weighted by molar-refractivity contribution is -0.147. The van der Waals surface area contributed by atoms with Crippen molar-refractivity contribution in [1.29, 1.82) is 0 Å². The molecule has 0 unspecified atom stereocenters. The van der Waals surface area contributed by atoms with Crippen LogP contribution in [0.3, 0.4) is 0 Å². The molecule has 0 heterocycles. The molecule has 0 rings (SSSR count). The summed E-state index contributed by atoms with van der Waals surface area (Å²) in [6.45, 7) is 8.10. The smallest absolute Gasteiger partial charge is 0.307 e. The molecule has 0 atom stereocenters. The van der Waals surface area contributed by atoms with E-state index in [1.807, 2.05) is 19.0 Å². The Morgan fingerprint density at radius 2 is 0.943 bits per heavy atom. The number of unbranched alkanes of at least 4 members (excludes halogenated alkanes) is 23. The average molecular weight is 767 g/mol. The maximum Gasteiger partial charge on any atom is 0.307 e. The number of carbonyl (C=O) groups is 3. The second-order valence-electron chi connectivity index (χ2n) is 14.7. The second kappa shape index (κ2) is 46.4. The number of nitrogens with zero attached hydrogens (tertiary/aromatic N) is 2. The lowest BCUT2D eigenvalue weighted by atomic mass is 10.1. The number of ether oxygens (including phenoxy) is 2. The van der Waals surface area contributed by atoms with Crippen LogP contribution in [0, 0.1) is 0 Å². The first-order valence-corrected chi connectivity index (χ1v) is 23.0. The third-order valence-electron chi connectivity index (χ3n) is 9.21. The molecule has 0 bridgehead atoms. The highest BCUT2D eigenvalue weighted by Gasteiger charge is 2.16. The van der Waals surface area contributed by atoms with Crippen LogP contribution in [-0.4, -0.2) is 73.8 Å². The fraction of sp³-hybridized carbons (Fsp3) is 0.844. The molecule has 0 saturated carbocycles. The number of carbonyl (C=O) groups excluding carboxylic acids is 3. The van der Waals surface area contributed by atoms with Gasteiger partial charge in [0.25, 0.3) is 11.7 Å². The van der Waals surface area contributed by atoms with Gasteiger partial charge in [-0.3, -0.25) is 19.3 Å². The monoisotopic (exact) mass is 767 g/mol. The van der Waals surface area contributed by atoms with E-state index in [2.05, 4.69) is 49.8 Å². The molecular weight excluding hydrogens is 681 g/mol. The van der Waals surface area contributed by atoms with Crippen molar-refractivity contribution in [1.82, 2.24) is 9.80 Å². The molecule has 53 heavy (non-hydrogen) atoms. The molecule has 0 spiro atoms. The van der Waals surface area contributed by atoms with Gasteiger partial charge in [-0.25, -0.2) is 0 Å². The van der Waals surface area contributed by atoms with Crippen LogP contribution in [-0.2, 0) is 19.1 Å². The lowest BCUT2D eigenvalue weighted by Gasteiger charge is -2.21. The first-order valence-electron chi connectivity index (χ1n) is 22.0. The summed E-state index contributed by atoms with van der Waals surface area (Å²) in [4.78, 5) is 38.2. The Kier molecular flexibility index (Phi) is 46.6. The molecule has 0 aromatic carbocycles. The molecule has 8 heteroatoms. The quantitative estimate of drug-likeness (QED) is 0.0204. The molecule has 0 aliphatic carbocycles. The maximum absolute atomic E-state index is 12.4. The summed E-state index contributed by atoms with van der Waals surface area (Å²) >= 11 is 1.17. The molecule has 312 valence electrons. The number of amides is 1. The molecule has 0 radical (unpaired) electrons. The van der Waals surface area contributed by atoms with E-state index in [9.17, 15) is 14.4 Å². The summed E-state index contributed by atoms with van der Waals surface area (Å²) in [5.41, 5.74) is 0. The normalized spacial score (nSPS) is 11.3. The summed E-state index contributed by atoms with van der Waals surface area (Å²) in [5, 5.41) is -0.185. The Morgan fingerprint density at radius 3 is 1.34 bits per heavy atom. The zero-order valence-electron chi connectivity index (χ0n) is 35.6. The standard InChI is InChI=1S/C27H50N2O5S.C18H36/c1-4-5-6-7-8-9-10-11-12-13-14-15-16-17-18-19-26(31)34-24-29(20-22-33-25-30)27(32)35-23-21-28(2)3;1-3-5-7-9-11-13-15-17-18-16-14-12-10-8-6-4-2/h11-12,25H,4-10,13-24H2,1-3H3;17-18H,3-16H2,1-2H3/b12-11-;18-17-. The van der Waals surface area contributed by atoms with E-state index < -0.39 is 0 Å². The summed E-state index contributed by atoms with van der Waals surface area (Å²) in [6, 6.07) is 0. The van der Waals surface area contributed by atoms with Crippen LogP contribution in [0.25, 0.3) is 0 Å². The molecule has 1 amide bonds. The van der Waals surface area contributed by atoms with Crippen molar-refractivity contribution in [2.45, 2.75) is 201 Å². The lowest BCUT2D eigenvalue weighted by Crippen LogP contribution is -2.35. The Balaban J connectivity index is 0. The zero-order chi connectivity index (χ0) is 39.3. The molecule has 0 saturated heterocycles. The van der Waals surface area contributed by atoms with Crippen molar-refractivity contribution in [2.24, 2.45) is 0 Å². The van der Waals surface area contributed by atoms with Crippen LogP contribution in [0.1, 0.15) is 201 Å². The van der Waals surface area contributed by atoms with Crippen molar-refractivity contribution in [3.05, 3.63) is 24.3 Å². The maximum atomic E-state index is 12.4. The van der Waals surface area contributed by atoms with Crippen molar-refractivity contribution in [2.75, 3.05) is 46.3 Å². The third-order valence-corrected chi connectivity index (χ3v) is 10.1. The van der Waals surface area contributed by atoms with Gasteiger partial charge in [0.15, 0.2) is 6.73 Å². The molecule has 0 aliphatic rings. The van der Waals surface area contributed by atoms with E-state index in [0.29, 0.717) is 18.6 Å². The van der Waals surface area contributed by atoms with Crippen molar-refractivity contribution >= 4 is 29.4 Å². The highest BCUT2D eigenvalue weighted by Crippen LogP contribution is 2.13. The summed E-state index contributed by atoms with van der Waals surface area (Å²) in [6.07, 6.45) is 45.2. The highest BCUT2D eigenvalue weighted by molar-refractivity contribution is 8.13. The first kappa shape index (κ1) is 53.3. The largest absolute Gasteiger partial charge is 0.466 e. The van der Waals surface area contributed by atoms with Gasteiger partial charge in [0.2, 0.25) is 0 Å². The van der Waals surface area contributed by atoms with Crippen molar-refractivity contribution in [3.63, 3.8) is 0 Å². The Bertz CT molecular complexity index is 818. The highest BCUT2D eigenvalue weighted by atomic mass is 32.2. The minimum absolute atomic E-state index is 0.0786. The second-order valence-corrected chi connectivity index (χ2v) is 15.8. The molecule has 7 nitrogen and oxygen atoms in total. The average Bonchev–Trinajstić information content (AvgIpc) is 3.14. The number of esters is 1. The van der Waals surface area contributed by atoms with Gasteiger partial charge in [0.05, 0.1) is 6.54 Å². The number of thioether (sulfide) groups is 1. The number of rotatable bonds is 38. The number of hydrogen-bond donors (Lipinski definition) is 0. The van der Waals surface area contributed by atoms with E-state index in [4.69, 9.17) is 4.74 Å². The number of allylic oxidation sites excluding steroid dienone is 4. The summed E-state index contributed by atoms with van der Waals surface area (Å²) in [7, 11) is 3.88. The van der Waals surface area contributed by atoms with Crippen LogP contribution in [0.5, 0.6) is 0 Å². The van der Waals surface area contributed by atoms with Gasteiger partial charge in [-0.15, -0.1) is 0 Å². The van der Waals surface area contributed by atoms with E-state index in [1.165, 1.54) is 164 Å². The first-order chi connectivity index (χ1) is 25.9. The van der Waals surface area contributed by atoms with Crippen molar-refractivity contribution in [3.8, 4) is 0 Å². The SMILES string of the molecule is CCCCCCCC/C=C\CCCCCCCC.CCCCCCCC/C=C\CCCCCCCC(=O)OCN(CCOC=O)C(=O)SCCN(C)C. The van der Waals surface area contributed by atoms with Gasteiger partial charge in [-0.2, -0.15) is 0 Å². The Morgan fingerprint density at radius 1 is 0.547 bits per heavy atom. The van der Waals surface area contributed by atoms with E-state index in [-0.39, 0.29) is 31.1 Å². The van der Waals surface area contributed by atoms with Gasteiger partial charge >= 0.3 is 5.97 Å². The van der Waals surface area contributed by atoms with Gasteiger partial charge in [-0.05, 0) is 71.9 Å². The predicted octanol–water partition coefficient (Wildman–Crippen LogP) is 13.5.